The fourth-order valence-electron chi connectivity index (χ4n) is 7.72. The van der Waals surface area contributed by atoms with Crippen LogP contribution in [-0.2, 0) is 9.53 Å². The summed E-state index contributed by atoms with van der Waals surface area (Å²) < 4.78 is 6.29. The molecule has 0 radical (unpaired) electrons. The Morgan fingerprint density at radius 2 is 2.06 bits per heavy atom. The van der Waals surface area contributed by atoms with E-state index in [0.29, 0.717) is 17.9 Å². The van der Waals surface area contributed by atoms with E-state index in [0.717, 1.165) is 35.5 Å². The highest BCUT2D eigenvalue weighted by atomic mass is 16.5. The van der Waals surface area contributed by atoms with Crippen molar-refractivity contribution >= 4 is 5.97 Å². The van der Waals surface area contributed by atoms with Gasteiger partial charge in [-0.25, -0.2) is 0 Å². The molecule has 16 heavy (non-hydrogen) atoms. The maximum absolute atomic E-state index is 11.1. The zero-order valence-corrected chi connectivity index (χ0v) is 8.87. The average Bonchev–Trinajstić information content (AvgIpc) is 2.73. The van der Waals surface area contributed by atoms with E-state index in [2.05, 4.69) is 0 Å². The van der Waals surface area contributed by atoms with Crippen LogP contribution in [0.5, 0.6) is 0 Å². The van der Waals surface area contributed by atoms with Crippen LogP contribution in [0.2, 0.25) is 0 Å². The zero-order chi connectivity index (χ0) is 10.4. The summed E-state index contributed by atoms with van der Waals surface area (Å²) >= 11 is 0. The first kappa shape index (κ1) is 7.70. The van der Waals surface area contributed by atoms with Crippen LogP contribution in [-0.4, -0.2) is 22.8 Å². The van der Waals surface area contributed by atoms with Crippen LogP contribution < -0.4 is 0 Å². The Bertz CT molecular complexity index is 450. The lowest BCUT2D eigenvalue weighted by atomic mass is 9.57. The molecule has 0 aromatic heterocycles. The molecule has 0 aromatic carbocycles. The monoisotopic (exact) mass is 218 g/mol. The molecule has 4 bridgehead atoms. The predicted octanol–water partition coefficient (Wildman–Crippen LogP) is 0.986. The molecule has 2 saturated heterocycles. The number of carboxylic acid groups (broad SMARTS) is 1. The summed E-state index contributed by atoms with van der Waals surface area (Å²) in [7, 11) is 0. The zero-order valence-electron chi connectivity index (χ0n) is 8.87. The standard InChI is InChI=1S/C13H14O3/c14-5(15)2-13-10-4-1-3-6-7(4)11(13)9(6)12(16-13)8(3)10/h3-4,6-12H,1-2H2,(H,14,15)/t3-,4-,6-,7-,8+,9+,10+,11-,12+,13+/m0/s1. The third kappa shape index (κ3) is 0.430. The summed E-state index contributed by atoms with van der Waals surface area (Å²) in [6.45, 7) is 0. The second-order valence-corrected chi connectivity index (χ2v) is 7.03. The third-order valence-corrected chi connectivity index (χ3v) is 7.29. The van der Waals surface area contributed by atoms with Crippen LogP contribution >= 0.6 is 0 Å². The predicted molar refractivity (Wildman–Crippen MR) is 52.4 cm³/mol. The van der Waals surface area contributed by atoms with Gasteiger partial charge in [-0.05, 0) is 53.8 Å². The number of carboxylic acids is 1. The number of hydrogen-bond donors (Lipinski definition) is 1. The Labute approximate surface area is 93.2 Å². The molecule has 0 unspecified atom stereocenters. The second kappa shape index (κ2) is 1.76. The van der Waals surface area contributed by atoms with Gasteiger partial charge in [0.2, 0.25) is 0 Å². The molecule has 2 heterocycles. The Balaban J connectivity index is 1.62. The van der Waals surface area contributed by atoms with Gasteiger partial charge in [0.25, 0.3) is 0 Å². The SMILES string of the molecule is O=C(O)C[C@]12O[C@H]3[C@@H]4[C@H]5[C@@H]6C[C@@H]([C@@H]5[C@@H]41)[C@@H]2[C@@H]63. The van der Waals surface area contributed by atoms with Gasteiger partial charge in [0.15, 0.2) is 0 Å². The van der Waals surface area contributed by atoms with E-state index in [1.165, 1.54) is 6.42 Å². The third-order valence-electron chi connectivity index (χ3n) is 7.29. The van der Waals surface area contributed by atoms with Gasteiger partial charge in [-0.3, -0.25) is 4.79 Å². The molecule has 7 rings (SSSR count). The Morgan fingerprint density at radius 1 is 1.19 bits per heavy atom. The summed E-state index contributed by atoms with van der Waals surface area (Å²) in [5.74, 6) is 5.83. The Morgan fingerprint density at radius 3 is 2.88 bits per heavy atom. The van der Waals surface area contributed by atoms with Crippen LogP contribution in [0.3, 0.4) is 0 Å². The van der Waals surface area contributed by atoms with Crippen LogP contribution in [0.25, 0.3) is 0 Å². The van der Waals surface area contributed by atoms with Crippen LogP contribution in [0.4, 0.5) is 0 Å². The lowest BCUT2D eigenvalue weighted by Gasteiger charge is -2.45. The van der Waals surface area contributed by atoms with Gasteiger partial charge in [-0.15, -0.1) is 0 Å². The van der Waals surface area contributed by atoms with Crippen molar-refractivity contribution in [3.05, 3.63) is 0 Å². The maximum atomic E-state index is 11.1. The minimum atomic E-state index is -0.645. The molecule has 7 aliphatic rings. The quantitative estimate of drug-likeness (QED) is 0.751. The molecule has 5 saturated carbocycles. The lowest BCUT2D eigenvalue weighted by Crippen LogP contribution is -2.49. The highest BCUT2D eigenvalue weighted by Crippen LogP contribution is 2.90. The molecule has 3 nitrogen and oxygen atoms in total. The van der Waals surface area contributed by atoms with Gasteiger partial charge in [0.05, 0.1) is 18.1 Å². The Kier molecular flexibility index (Phi) is 0.848. The van der Waals surface area contributed by atoms with Gasteiger partial charge >= 0.3 is 5.97 Å². The van der Waals surface area contributed by atoms with Gasteiger partial charge in [-0.1, -0.05) is 0 Å². The number of aliphatic carboxylic acids is 1. The Hall–Kier alpha value is -0.570. The molecule has 7 fully saturated rings. The first-order valence-corrected chi connectivity index (χ1v) is 6.64. The molecular weight excluding hydrogens is 204 g/mol. The van der Waals surface area contributed by atoms with E-state index < -0.39 is 5.97 Å². The van der Waals surface area contributed by atoms with Gasteiger partial charge < -0.3 is 9.84 Å². The van der Waals surface area contributed by atoms with E-state index >= 15 is 0 Å². The fraction of sp³-hybridized carbons (Fsp3) is 0.923. The molecule has 10 atom stereocenters. The average molecular weight is 218 g/mol. The van der Waals surface area contributed by atoms with Crippen molar-refractivity contribution in [2.24, 2.45) is 47.3 Å². The minimum absolute atomic E-state index is 0.192. The van der Waals surface area contributed by atoms with E-state index in [4.69, 9.17) is 4.74 Å². The topological polar surface area (TPSA) is 46.5 Å². The lowest BCUT2D eigenvalue weighted by molar-refractivity contribution is -0.145. The van der Waals surface area contributed by atoms with E-state index in [1.54, 1.807) is 0 Å². The largest absolute Gasteiger partial charge is 0.481 e. The van der Waals surface area contributed by atoms with Crippen LogP contribution in [0.15, 0.2) is 0 Å². The van der Waals surface area contributed by atoms with E-state index in [-0.39, 0.29) is 12.0 Å². The van der Waals surface area contributed by atoms with Crippen molar-refractivity contribution in [2.45, 2.75) is 24.5 Å². The molecule has 0 spiro atoms. The van der Waals surface area contributed by atoms with Crippen molar-refractivity contribution in [2.75, 3.05) is 0 Å². The molecule has 0 aromatic rings. The highest BCUT2D eigenvalue weighted by Gasteiger charge is 2.92. The first-order chi connectivity index (χ1) is 7.74. The van der Waals surface area contributed by atoms with Gasteiger partial charge in [0.1, 0.15) is 0 Å². The molecule has 84 valence electrons. The summed E-state index contributed by atoms with van der Waals surface area (Å²) in [4.78, 5) is 11.1. The van der Waals surface area contributed by atoms with E-state index in [9.17, 15) is 9.90 Å². The molecule has 2 aliphatic heterocycles. The first-order valence-electron chi connectivity index (χ1n) is 6.64. The molecule has 0 amide bonds. The fourth-order valence-corrected chi connectivity index (χ4v) is 7.72. The number of ether oxygens (including phenoxy) is 1. The summed E-state index contributed by atoms with van der Waals surface area (Å²) in [5, 5.41) is 9.17. The minimum Gasteiger partial charge on any atom is -0.481 e. The molecule has 1 N–H and O–H groups in total. The highest BCUT2D eigenvalue weighted by molar-refractivity contribution is 5.69. The second-order valence-electron chi connectivity index (χ2n) is 7.03. The van der Waals surface area contributed by atoms with Gasteiger partial charge in [0, 0.05) is 0 Å². The van der Waals surface area contributed by atoms with Crippen molar-refractivity contribution in [3.63, 3.8) is 0 Å². The van der Waals surface area contributed by atoms with Gasteiger partial charge in [-0.2, -0.15) is 0 Å². The van der Waals surface area contributed by atoms with E-state index in [1.807, 2.05) is 0 Å². The summed E-state index contributed by atoms with van der Waals surface area (Å²) in [6.07, 6.45) is 2.19. The van der Waals surface area contributed by atoms with Crippen molar-refractivity contribution in [1.29, 1.82) is 0 Å². The normalized spacial score (nSPS) is 77.9. The summed E-state index contributed by atoms with van der Waals surface area (Å²) in [5.41, 5.74) is -0.192. The number of carbonyl (C=O) groups is 1. The van der Waals surface area contributed by atoms with Crippen LogP contribution in [0.1, 0.15) is 12.8 Å². The molecular formula is C13H14O3. The molecule has 3 heteroatoms. The van der Waals surface area contributed by atoms with Crippen LogP contribution in [0, 0.1) is 47.3 Å². The number of hydrogen-bond acceptors (Lipinski definition) is 2. The molecule has 5 aliphatic carbocycles. The maximum Gasteiger partial charge on any atom is 0.306 e. The van der Waals surface area contributed by atoms with Crippen molar-refractivity contribution < 1.29 is 14.6 Å². The van der Waals surface area contributed by atoms with Crippen molar-refractivity contribution in [1.82, 2.24) is 0 Å². The van der Waals surface area contributed by atoms with Crippen molar-refractivity contribution in [3.8, 4) is 0 Å². The smallest absolute Gasteiger partial charge is 0.306 e. The summed E-state index contributed by atoms with van der Waals surface area (Å²) in [6, 6.07) is 0. The number of rotatable bonds is 2.